The van der Waals surface area contributed by atoms with Crippen LogP contribution in [0.5, 0.6) is 0 Å². The summed E-state index contributed by atoms with van der Waals surface area (Å²) in [5.41, 5.74) is 1.36. The van der Waals surface area contributed by atoms with E-state index in [2.05, 4.69) is 31.4 Å². The number of rotatable bonds is 4. The Bertz CT molecular complexity index is 565. The van der Waals surface area contributed by atoms with Crippen LogP contribution in [0, 0.1) is 0 Å². The molecule has 1 N–H and O–H groups in total. The summed E-state index contributed by atoms with van der Waals surface area (Å²) in [4.78, 5) is 12.2. The summed E-state index contributed by atoms with van der Waals surface area (Å²) in [6.45, 7) is 4.44. The maximum absolute atomic E-state index is 12.2. The average Bonchev–Trinajstić information content (AvgIpc) is 2.79. The zero-order valence-corrected chi connectivity index (χ0v) is 12.4. The SMILES string of the molecule is CC(C)n1cc(Br)cc1C(=O)NCc1cccnn1. The van der Waals surface area contributed by atoms with Gasteiger partial charge in [0, 0.05) is 22.9 Å². The quantitative estimate of drug-likeness (QED) is 0.941. The van der Waals surface area contributed by atoms with Crippen LogP contribution in [-0.4, -0.2) is 20.7 Å². The Balaban J connectivity index is 2.08. The molecule has 0 aromatic carbocycles. The van der Waals surface area contributed by atoms with Crippen molar-refractivity contribution in [2.75, 3.05) is 0 Å². The van der Waals surface area contributed by atoms with Crippen molar-refractivity contribution < 1.29 is 4.79 Å². The van der Waals surface area contributed by atoms with Crippen LogP contribution in [0.4, 0.5) is 0 Å². The van der Waals surface area contributed by atoms with Gasteiger partial charge in [0.2, 0.25) is 0 Å². The van der Waals surface area contributed by atoms with Crippen molar-refractivity contribution in [2.24, 2.45) is 0 Å². The Labute approximate surface area is 120 Å². The first kappa shape index (κ1) is 13.7. The highest BCUT2D eigenvalue weighted by Crippen LogP contribution is 2.19. The average molecular weight is 323 g/mol. The highest BCUT2D eigenvalue weighted by molar-refractivity contribution is 9.10. The van der Waals surface area contributed by atoms with Gasteiger partial charge >= 0.3 is 0 Å². The predicted octanol–water partition coefficient (Wildman–Crippen LogP) is 2.55. The van der Waals surface area contributed by atoms with E-state index >= 15 is 0 Å². The van der Waals surface area contributed by atoms with Gasteiger partial charge in [-0.2, -0.15) is 10.2 Å². The van der Waals surface area contributed by atoms with Crippen molar-refractivity contribution in [3.8, 4) is 0 Å². The lowest BCUT2D eigenvalue weighted by molar-refractivity contribution is 0.0939. The number of hydrogen-bond acceptors (Lipinski definition) is 3. The maximum atomic E-state index is 12.2. The number of nitrogens with zero attached hydrogens (tertiary/aromatic N) is 3. The van der Waals surface area contributed by atoms with Crippen molar-refractivity contribution >= 4 is 21.8 Å². The Morgan fingerprint density at radius 2 is 2.32 bits per heavy atom. The summed E-state index contributed by atoms with van der Waals surface area (Å²) >= 11 is 3.39. The van der Waals surface area contributed by atoms with Crippen LogP contribution in [0.3, 0.4) is 0 Å². The van der Waals surface area contributed by atoms with Gasteiger partial charge < -0.3 is 9.88 Å². The lowest BCUT2D eigenvalue weighted by atomic mass is 10.3. The van der Waals surface area contributed by atoms with Gasteiger partial charge in [0.1, 0.15) is 5.69 Å². The lowest BCUT2D eigenvalue weighted by Crippen LogP contribution is -2.26. The number of nitrogens with one attached hydrogen (secondary N) is 1. The van der Waals surface area contributed by atoms with Crippen LogP contribution in [0.25, 0.3) is 0 Å². The molecule has 1 amide bonds. The first-order valence-electron chi connectivity index (χ1n) is 6.00. The number of amides is 1. The molecule has 6 heteroatoms. The van der Waals surface area contributed by atoms with Gasteiger partial charge in [0.15, 0.2) is 0 Å². The van der Waals surface area contributed by atoms with Gasteiger partial charge in [-0.1, -0.05) is 0 Å². The topological polar surface area (TPSA) is 59.8 Å². The van der Waals surface area contributed by atoms with Gasteiger partial charge in [-0.05, 0) is 48.0 Å². The molecule has 2 rings (SSSR count). The zero-order valence-electron chi connectivity index (χ0n) is 10.8. The van der Waals surface area contributed by atoms with Crippen LogP contribution in [0.1, 0.15) is 36.1 Å². The third-order valence-electron chi connectivity index (χ3n) is 2.66. The van der Waals surface area contributed by atoms with Gasteiger partial charge in [-0.25, -0.2) is 0 Å². The van der Waals surface area contributed by atoms with E-state index < -0.39 is 0 Å². The number of aromatic nitrogens is 3. The molecule has 2 heterocycles. The minimum atomic E-state index is -0.120. The van der Waals surface area contributed by atoms with Crippen LogP contribution < -0.4 is 5.32 Å². The second kappa shape index (κ2) is 5.97. The molecule has 0 aliphatic rings. The van der Waals surface area contributed by atoms with E-state index in [0.717, 1.165) is 10.2 Å². The number of carbonyl (C=O) groups excluding carboxylic acids is 1. The fourth-order valence-corrected chi connectivity index (χ4v) is 2.18. The van der Waals surface area contributed by atoms with E-state index in [1.807, 2.05) is 36.7 Å². The van der Waals surface area contributed by atoms with E-state index in [0.29, 0.717) is 12.2 Å². The summed E-state index contributed by atoms with van der Waals surface area (Å²) < 4.78 is 2.82. The van der Waals surface area contributed by atoms with Crippen LogP contribution in [0.15, 0.2) is 35.1 Å². The molecule has 0 aliphatic heterocycles. The Morgan fingerprint density at radius 1 is 1.53 bits per heavy atom. The number of hydrogen-bond donors (Lipinski definition) is 1. The molecule has 2 aromatic rings. The van der Waals surface area contributed by atoms with E-state index in [1.54, 1.807) is 12.3 Å². The molecule has 0 atom stereocenters. The summed E-state index contributed by atoms with van der Waals surface area (Å²) in [7, 11) is 0. The monoisotopic (exact) mass is 322 g/mol. The van der Waals surface area contributed by atoms with Gasteiger partial charge in [0.25, 0.3) is 5.91 Å². The third-order valence-corrected chi connectivity index (χ3v) is 3.10. The standard InChI is InChI=1S/C13H15BrN4O/c1-9(2)18-8-10(14)6-12(18)13(19)15-7-11-4-3-5-16-17-11/h3-6,8-9H,7H2,1-2H3,(H,15,19). The second-order valence-electron chi connectivity index (χ2n) is 4.44. The Morgan fingerprint density at radius 3 is 2.95 bits per heavy atom. The molecule has 0 saturated carbocycles. The molecule has 0 saturated heterocycles. The molecule has 2 aromatic heterocycles. The summed E-state index contributed by atoms with van der Waals surface area (Å²) in [5, 5.41) is 10.5. The summed E-state index contributed by atoms with van der Waals surface area (Å²) in [6.07, 6.45) is 3.51. The molecule has 0 radical (unpaired) electrons. The minimum Gasteiger partial charge on any atom is -0.345 e. The smallest absolute Gasteiger partial charge is 0.268 e. The van der Waals surface area contributed by atoms with Crippen molar-refractivity contribution in [3.63, 3.8) is 0 Å². The Kier molecular flexibility index (Phi) is 4.31. The van der Waals surface area contributed by atoms with Crippen LogP contribution in [-0.2, 0) is 6.54 Å². The zero-order chi connectivity index (χ0) is 13.8. The normalized spacial score (nSPS) is 10.7. The van der Waals surface area contributed by atoms with E-state index in [-0.39, 0.29) is 11.9 Å². The first-order chi connectivity index (χ1) is 9.08. The second-order valence-corrected chi connectivity index (χ2v) is 5.36. The van der Waals surface area contributed by atoms with Crippen molar-refractivity contribution in [1.29, 1.82) is 0 Å². The molecule has 5 nitrogen and oxygen atoms in total. The predicted molar refractivity (Wildman–Crippen MR) is 75.7 cm³/mol. The van der Waals surface area contributed by atoms with E-state index in [1.165, 1.54) is 0 Å². The van der Waals surface area contributed by atoms with Gasteiger partial charge in [-0.3, -0.25) is 4.79 Å². The minimum absolute atomic E-state index is 0.120. The number of halogens is 1. The fourth-order valence-electron chi connectivity index (χ4n) is 1.74. The highest BCUT2D eigenvalue weighted by Gasteiger charge is 2.14. The Hall–Kier alpha value is -1.69. The maximum Gasteiger partial charge on any atom is 0.268 e. The third kappa shape index (κ3) is 3.41. The van der Waals surface area contributed by atoms with Crippen LogP contribution in [0.2, 0.25) is 0 Å². The fraction of sp³-hybridized carbons (Fsp3) is 0.308. The summed E-state index contributed by atoms with van der Waals surface area (Å²) in [6, 6.07) is 5.65. The van der Waals surface area contributed by atoms with E-state index in [9.17, 15) is 4.79 Å². The molecule has 0 unspecified atom stereocenters. The van der Waals surface area contributed by atoms with Gasteiger partial charge in [0.05, 0.1) is 12.2 Å². The summed E-state index contributed by atoms with van der Waals surface area (Å²) in [5.74, 6) is -0.120. The molecule has 0 bridgehead atoms. The van der Waals surface area contributed by atoms with Gasteiger partial charge in [-0.15, -0.1) is 0 Å². The first-order valence-corrected chi connectivity index (χ1v) is 6.79. The molecule has 0 spiro atoms. The molecule has 0 aliphatic carbocycles. The largest absolute Gasteiger partial charge is 0.345 e. The van der Waals surface area contributed by atoms with Crippen LogP contribution >= 0.6 is 15.9 Å². The molecular formula is C13H15BrN4O. The highest BCUT2D eigenvalue weighted by atomic mass is 79.9. The lowest BCUT2D eigenvalue weighted by Gasteiger charge is -2.12. The van der Waals surface area contributed by atoms with E-state index in [4.69, 9.17) is 0 Å². The molecule has 0 fully saturated rings. The molecular weight excluding hydrogens is 308 g/mol. The molecule has 19 heavy (non-hydrogen) atoms. The number of carbonyl (C=O) groups is 1. The molecule has 100 valence electrons. The van der Waals surface area contributed by atoms with Crippen molar-refractivity contribution in [2.45, 2.75) is 26.4 Å². The van der Waals surface area contributed by atoms with Crippen molar-refractivity contribution in [1.82, 2.24) is 20.1 Å². The van der Waals surface area contributed by atoms with Crippen molar-refractivity contribution in [3.05, 3.63) is 46.5 Å².